The minimum Gasteiger partial charge on any atom is -0.497 e. The summed E-state index contributed by atoms with van der Waals surface area (Å²) in [6.07, 6.45) is 2.27. The lowest BCUT2D eigenvalue weighted by Gasteiger charge is -2.09. The van der Waals surface area contributed by atoms with Crippen LogP contribution in [0.5, 0.6) is 5.75 Å². The van der Waals surface area contributed by atoms with Gasteiger partial charge in [-0.15, -0.1) is 0 Å². The van der Waals surface area contributed by atoms with E-state index in [9.17, 15) is 4.79 Å². The Labute approximate surface area is 132 Å². The second kappa shape index (κ2) is 7.64. The summed E-state index contributed by atoms with van der Waals surface area (Å²) in [5.41, 5.74) is 4.49. The zero-order valence-corrected chi connectivity index (χ0v) is 13.5. The van der Waals surface area contributed by atoms with Gasteiger partial charge in [0.2, 0.25) is 5.91 Å². The van der Waals surface area contributed by atoms with Gasteiger partial charge >= 0.3 is 0 Å². The van der Waals surface area contributed by atoms with Crippen LogP contribution in [0.4, 0.5) is 5.69 Å². The molecule has 0 aromatic heterocycles. The summed E-state index contributed by atoms with van der Waals surface area (Å²) >= 11 is 0. The third-order valence-electron chi connectivity index (χ3n) is 3.70. The number of nitrogens with one attached hydrogen (secondary N) is 1. The summed E-state index contributed by atoms with van der Waals surface area (Å²) in [5.74, 6) is 0.940. The molecule has 0 aliphatic carbocycles. The van der Waals surface area contributed by atoms with Gasteiger partial charge in [0, 0.05) is 12.1 Å². The van der Waals surface area contributed by atoms with Crippen molar-refractivity contribution in [2.45, 2.75) is 33.1 Å². The van der Waals surface area contributed by atoms with E-state index < -0.39 is 0 Å². The Morgan fingerprint density at radius 1 is 1.14 bits per heavy atom. The molecular formula is C19H23NO2. The fraction of sp³-hybridized carbons (Fsp3) is 0.316. The van der Waals surface area contributed by atoms with E-state index in [0.717, 1.165) is 29.8 Å². The topological polar surface area (TPSA) is 38.3 Å². The number of rotatable bonds is 6. The van der Waals surface area contributed by atoms with Gasteiger partial charge in [0.05, 0.1) is 7.11 Å². The van der Waals surface area contributed by atoms with Crippen LogP contribution in [0.25, 0.3) is 0 Å². The lowest BCUT2D eigenvalue weighted by atomic mass is 10.0. The van der Waals surface area contributed by atoms with Gasteiger partial charge in [-0.25, -0.2) is 0 Å². The second-order valence-corrected chi connectivity index (χ2v) is 5.56. The van der Waals surface area contributed by atoms with Crippen LogP contribution in [0.2, 0.25) is 0 Å². The molecule has 0 bridgehead atoms. The fourth-order valence-corrected chi connectivity index (χ4v) is 2.46. The minimum absolute atomic E-state index is 0.0664. The Hall–Kier alpha value is -2.29. The van der Waals surface area contributed by atoms with Crippen molar-refractivity contribution in [2.75, 3.05) is 12.4 Å². The Kier molecular flexibility index (Phi) is 5.59. The normalized spacial score (nSPS) is 10.3. The van der Waals surface area contributed by atoms with Crippen LogP contribution in [0.1, 0.15) is 29.5 Å². The Morgan fingerprint density at radius 2 is 1.95 bits per heavy atom. The van der Waals surface area contributed by atoms with Crippen molar-refractivity contribution in [3.63, 3.8) is 0 Å². The monoisotopic (exact) mass is 297 g/mol. The molecule has 0 aliphatic heterocycles. The molecule has 0 radical (unpaired) electrons. The number of amides is 1. The molecule has 0 spiro atoms. The number of benzene rings is 2. The van der Waals surface area contributed by atoms with Crippen LogP contribution in [-0.2, 0) is 11.2 Å². The number of carbonyl (C=O) groups is 1. The van der Waals surface area contributed by atoms with Crippen molar-refractivity contribution in [3.05, 3.63) is 59.2 Å². The van der Waals surface area contributed by atoms with Gasteiger partial charge in [-0.05, 0) is 67.6 Å². The average molecular weight is 297 g/mol. The smallest absolute Gasteiger partial charge is 0.224 e. The average Bonchev–Trinajstić information content (AvgIpc) is 2.48. The maximum absolute atomic E-state index is 12.0. The van der Waals surface area contributed by atoms with Gasteiger partial charge < -0.3 is 10.1 Å². The first-order chi connectivity index (χ1) is 10.6. The van der Waals surface area contributed by atoms with Crippen LogP contribution in [0, 0.1) is 13.8 Å². The standard InChI is InChI=1S/C19H23NO2/c1-14-6-4-8-17(12-14)20-19(21)9-5-7-16-10-11-18(22-3)13-15(16)2/h4,6,8,10-13H,5,7,9H2,1-3H3,(H,20,21). The lowest BCUT2D eigenvalue weighted by molar-refractivity contribution is -0.116. The Balaban J connectivity index is 1.82. The fourth-order valence-electron chi connectivity index (χ4n) is 2.46. The molecule has 3 heteroatoms. The van der Waals surface area contributed by atoms with Crippen molar-refractivity contribution in [1.82, 2.24) is 0 Å². The van der Waals surface area contributed by atoms with Crippen molar-refractivity contribution >= 4 is 11.6 Å². The number of ether oxygens (including phenoxy) is 1. The first-order valence-electron chi connectivity index (χ1n) is 7.58. The molecule has 2 aromatic rings. The number of anilines is 1. The number of hydrogen-bond acceptors (Lipinski definition) is 2. The quantitative estimate of drug-likeness (QED) is 0.864. The van der Waals surface area contributed by atoms with Gasteiger partial charge in [0.25, 0.3) is 0 Å². The van der Waals surface area contributed by atoms with E-state index in [1.165, 1.54) is 11.1 Å². The van der Waals surface area contributed by atoms with Gasteiger partial charge in [0.1, 0.15) is 5.75 Å². The largest absolute Gasteiger partial charge is 0.497 e. The molecule has 0 saturated heterocycles. The predicted octanol–water partition coefficient (Wildman–Crippen LogP) is 4.27. The highest BCUT2D eigenvalue weighted by molar-refractivity contribution is 5.90. The van der Waals surface area contributed by atoms with Crippen LogP contribution in [0.15, 0.2) is 42.5 Å². The first-order valence-corrected chi connectivity index (χ1v) is 7.58. The Bertz CT molecular complexity index is 650. The van der Waals surface area contributed by atoms with Gasteiger partial charge in [0.15, 0.2) is 0 Å². The summed E-state index contributed by atoms with van der Waals surface area (Å²) in [4.78, 5) is 12.0. The number of hydrogen-bond donors (Lipinski definition) is 1. The minimum atomic E-state index is 0.0664. The van der Waals surface area contributed by atoms with Crippen LogP contribution in [-0.4, -0.2) is 13.0 Å². The van der Waals surface area contributed by atoms with Crippen molar-refractivity contribution < 1.29 is 9.53 Å². The molecular weight excluding hydrogens is 274 g/mol. The summed E-state index contributed by atoms with van der Waals surface area (Å²) in [6, 6.07) is 13.9. The third kappa shape index (κ3) is 4.62. The van der Waals surface area contributed by atoms with Crippen molar-refractivity contribution in [2.24, 2.45) is 0 Å². The summed E-state index contributed by atoms with van der Waals surface area (Å²) in [7, 11) is 1.67. The molecule has 22 heavy (non-hydrogen) atoms. The van der Waals surface area contributed by atoms with Crippen molar-refractivity contribution in [1.29, 1.82) is 0 Å². The maximum atomic E-state index is 12.0. The highest BCUT2D eigenvalue weighted by Crippen LogP contribution is 2.18. The van der Waals surface area contributed by atoms with E-state index in [1.54, 1.807) is 7.11 Å². The molecule has 2 aromatic carbocycles. The van der Waals surface area contributed by atoms with Crippen LogP contribution in [0.3, 0.4) is 0 Å². The van der Waals surface area contributed by atoms with E-state index in [0.29, 0.717) is 6.42 Å². The highest BCUT2D eigenvalue weighted by atomic mass is 16.5. The zero-order valence-electron chi connectivity index (χ0n) is 13.5. The van der Waals surface area contributed by atoms with Crippen LogP contribution < -0.4 is 10.1 Å². The van der Waals surface area contributed by atoms with Crippen LogP contribution >= 0.6 is 0 Å². The molecule has 0 aliphatic rings. The summed E-state index contributed by atoms with van der Waals surface area (Å²) < 4.78 is 5.20. The Morgan fingerprint density at radius 3 is 2.64 bits per heavy atom. The molecule has 1 N–H and O–H groups in total. The van der Waals surface area contributed by atoms with Crippen molar-refractivity contribution in [3.8, 4) is 5.75 Å². The van der Waals surface area contributed by atoms with E-state index in [4.69, 9.17) is 4.74 Å². The number of aryl methyl sites for hydroxylation is 3. The van der Waals surface area contributed by atoms with Gasteiger partial charge in [-0.2, -0.15) is 0 Å². The van der Waals surface area contributed by atoms with Gasteiger partial charge in [-0.3, -0.25) is 4.79 Å². The number of carbonyl (C=O) groups excluding carboxylic acids is 1. The molecule has 2 rings (SSSR count). The molecule has 0 unspecified atom stereocenters. The van der Waals surface area contributed by atoms with E-state index >= 15 is 0 Å². The van der Waals surface area contributed by atoms with E-state index in [1.807, 2.05) is 43.3 Å². The molecule has 3 nitrogen and oxygen atoms in total. The number of methoxy groups -OCH3 is 1. The SMILES string of the molecule is COc1ccc(CCCC(=O)Nc2cccc(C)c2)c(C)c1. The molecule has 0 atom stereocenters. The molecule has 0 fully saturated rings. The molecule has 0 heterocycles. The summed E-state index contributed by atoms with van der Waals surface area (Å²) in [5, 5.41) is 2.94. The third-order valence-corrected chi connectivity index (χ3v) is 3.70. The predicted molar refractivity (Wildman–Crippen MR) is 90.5 cm³/mol. The van der Waals surface area contributed by atoms with Gasteiger partial charge in [-0.1, -0.05) is 18.2 Å². The van der Waals surface area contributed by atoms with E-state index in [2.05, 4.69) is 18.3 Å². The molecule has 1 amide bonds. The highest BCUT2D eigenvalue weighted by Gasteiger charge is 2.05. The first kappa shape index (κ1) is 16.1. The summed E-state index contributed by atoms with van der Waals surface area (Å²) in [6.45, 7) is 4.09. The van der Waals surface area contributed by atoms with E-state index in [-0.39, 0.29) is 5.91 Å². The maximum Gasteiger partial charge on any atom is 0.224 e. The second-order valence-electron chi connectivity index (χ2n) is 5.56. The molecule has 116 valence electrons. The lowest BCUT2D eigenvalue weighted by Crippen LogP contribution is -2.11. The molecule has 0 saturated carbocycles. The zero-order chi connectivity index (χ0) is 15.9.